The predicted molar refractivity (Wildman–Crippen MR) is 102 cm³/mol. The van der Waals surface area contributed by atoms with Crippen molar-refractivity contribution in [3.05, 3.63) is 65.7 Å². The smallest absolute Gasteiger partial charge is 0.251 e. The molecule has 2 aromatic carbocycles. The topological polar surface area (TPSA) is 64.3 Å². The minimum absolute atomic E-state index is 0. The number of para-hydroxylation sites is 1. The minimum Gasteiger partial charge on any atom is -0.489 e. The van der Waals surface area contributed by atoms with E-state index >= 15 is 0 Å². The average molecular weight is 361 g/mol. The zero-order valence-corrected chi connectivity index (χ0v) is 15.2. The molecule has 3 N–H and O–H groups in total. The van der Waals surface area contributed by atoms with Gasteiger partial charge in [0.1, 0.15) is 12.4 Å². The van der Waals surface area contributed by atoms with Crippen LogP contribution in [0.3, 0.4) is 0 Å². The number of halogens is 1. The van der Waals surface area contributed by atoms with E-state index < -0.39 is 0 Å². The van der Waals surface area contributed by atoms with Gasteiger partial charge in [0.2, 0.25) is 0 Å². The van der Waals surface area contributed by atoms with E-state index in [0.29, 0.717) is 24.6 Å². The normalized spacial score (nSPS) is 15.6. The molecule has 0 saturated heterocycles. The number of hydrogen-bond donors (Lipinski definition) is 2. The standard InChI is InChI=1S/C20H24N2O2.ClH/c1-20(14-21,17-11-12-17)22-19(23)16-9-7-15(8-10-16)13-24-18-5-3-2-4-6-18;/h2-10,17H,11-14,21H2,1H3,(H,22,23);1H. The van der Waals surface area contributed by atoms with Gasteiger partial charge in [0, 0.05) is 12.1 Å². The fraction of sp³-hybridized carbons (Fsp3) is 0.350. The van der Waals surface area contributed by atoms with Gasteiger partial charge in [-0.15, -0.1) is 12.4 Å². The summed E-state index contributed by atoms with van der Waals surface area (Å²) < 4.78 is 5.71. The molecule has 1 fully saturated rings. The number of nitrogens with two attached hydrogens (primary N) is 1. The summed E-state index contributed by atoms with van der Waals surface area (Å²) in [4.78, 5) is 12.4. The highest BCUT2D eigenvalue weighted by molar-refractivity contribution is 5.94. The largest absolute Gasteiger partial charge is 0.489 e. The molecule has 0 bridgehead atoms. The maximum atomic E-state index is 12.4. The number of hydrogen-bond acceptors (Lipinski definition) is 3. The first-order valence-corrected chi connectivity index (χ1v) is 8.40. The first-order valence-electron chi connectivity index (χ1n) is 8.40. The molecule has 3 rings (SSSR count). The van der Waals surface area contributed by atoms with Crippen molar-refractivity contribution in [1.29, 1.82) is 0 Å². The Balaban J connectivity index is 0.00000225. The van der Waals surface area contributed by atoms with E-state index in [1.54, 1.807) is 0 Å². The number of rotatable bonds is 7. The quantitative estimate of drug-likeness (QED) is 0.793. The van der Waals surface area contributed by atoms with Gasteiger partial charge < -0.3 is 15.8 Å². The van der Waals surface area contributed by atoms with Gasteiger partial charge >= 0.3 is 0 Å². The van der Waals surface area contributed by atoms with Crippen LogP contribution in [0.2, 0.25) is 0 Å². The van der Waals surface area contributed by atoms with Crippen molar-refractivity contribution < 1.29 is 9.53 Å². The molecule has 1 aliphatic carbocycles. The van der Waals surface area contributed by atoms with Crippen molar-refractivity contribution in [3.8, 4) is 5.75 Å². The van der Waals surface area contributed by atoms with Gasteiger partial charge in [0.25, 0.3) is 5.91 Å². The molecule has 5 heteroatoms. The summed E-state index contributed by atoms with van der Waals surface area (Å²) in [7, 11) is 0. The van der Waals surface area contributed by atoms with Gasteiger partial charge in [-0.1, -0.05) is 30.3 Å². The van der Waals surface area contributed by atoms with Crippen LogP contribution in [0.1, 0.15) is 35.7 Å². The second-order valence-electron chi connectivity index (χ2n) is 6.65. The van der Waals surface area contributed by atoms with Gasteiger partial charge in [0.15, 0.2) is 0 Å². The number of nitrogens with one attached hydrogen (secondary N) is 1. The second-order valence-corrected chi connectivity index (χ2v) is 6.65. The van der Waals surface area contributed by atoms with Gasteiger partial charge in [-0.25, -0.2) is 0 Å². The molecule has 0 aromatic heterocycles. The summed E-state index contributed by atoms with van der Waals surface area (Å²) >= 11 is 0. The molecule has 4 nitrogen and oxygen atoms in total. The summed E-state index contributed by atoms with van der Waals surface area (Å²) in [5.74, 6) is 1.28. The average Bonchev–Trinajstić information content (AvgIpc) is 3.47. The number of benzene rings is 2. The van der Waals surface area contributed by atoms with Crippen LogP contribution in [0.15, 0.2) is 54.6 Å². The Morgan fingerprint density at radius 2 is 1.80 bits per heavy atom. The monoisotopic (exact) mass is 360 g/mol. The molecule has 1 saturated carbocycles. The third kappa shape index (κ3) is 4.97. The SMILES string of the molecule is CC(CN)(NC(=O)c1ccc(COc2ccccc2)cc1)C1CC1.Cl. The van der Waals surface area contributed by atoms with Crippen molar-refractivity contribution in [2.24, 2.45) is 11.7 Å². The highest BCUT2D eigenvalue weighted by Crippen LogP contribution is 2.39. The zero-order valence-electron chi connectivity index (χ0n) is 14.4. The maximum Gasteiger partial charge on any atom is 0.251 e. The van der Waals surface area contributed by atoms with Gasteiger partial charge in [0.05, 0.1) is 5.54 Å². The van der Waals surface area contributed by atoms with E-state index in [1.165, 1.54) is 0 Å². The van der Waals surface area contributed by atoms with E-state index in [1.807, 2.05) is 61.5 Å². The van der Waals surface area contributed by atoms with E-state index in [4.69, 9.17) is 10.5 Å². The highest BCUT2D eigenvalue weighted by atomic mass is 35.5. The summed E-state index contributed by atoms with van der Waals surface area (Å²) in [6.07, 6.45) is 2.29. The Bertz CT molecular complexity index is 687. The van der Waals surface area contributed by atoms with Crippen LogP contribution in [-0.2, 0) is 6.61 Å². The zero-order chi connectivity index (χ0) is 17.0. The molecule has 0 spiro atoms. The summed E-state index contributed by atoms with van der Waals surface area (Å²) in [6, 6.07) is 17.2. The van der Waals surface area contributed by atoms with E-state index in [-0.39, 0.29) is 23.9 Å². The van der Waals surface area contributed by atoms with Crippen LogP contribution in [0, 0.1) is 5.92 Å². The van der Waals surface area contributed by atoms with Crippen LogP contribution >= 0.6 is 12.4 Å². The minimum atomic E-state index is -0.299. The Labute approximate surface area is 155 Å². The number of carbonyl (C=O) groups is 1. The van der Waals surface area contributed by atoms with Crippen molar-refractivity contribution >= 4 is 18.3 Å². The summed E-state index contributed by atoms with van der Waals surface area (Å²) in [5.41, 5.74) is 7.24. The van der Waals surface area contributed by atoms with Gasteiger partial charge in [-0.2, -0.15) is 0 Å². The predicted octanol–water partition coefficient (Wildman–Crippen LogP) is 3.54. The summed E-state index contributed by atoms with van der Waals surface area (Å²) in [6.45, 7) is 2.98. The lowest BCUT2D eigenvalue weighted by molar-refractivity contribution is 0.0898. The molecule has 1 aliphatic rings. The Kier molecular flexibility index (Phi) is 6.45. The lowest BCUT2D eigenvalue weighted by atomic mass is 9.95. The van der Waals surface area contributed by atoms with Crippen molar-refractivity contribution in [2.75, 3.05) is 6.54 Å². The summed E-state index contributed by atoms with van der Waals surface area (Å²) in [5, 5.41) is 3.10. The van der Waals surface area contributed by atoms with Crippen LogP contribution in [0.5, 0.6) is 5.75 Å². The highest BCUT2D eigenvalue weighted by Gasteiger charge is 2.41. The molecule has 1 amide bonds. The first-order chi connectivity index (χ1) is 11.6. The number of ether oxygens (including phenoxy) is 1. The lowest BCUT2D eigenvalue weighted by Gasteiger charge is -2.29. The maximum absolute atomic E-state index is 12.4. The molecule has 1 unspecified atom stereocenters. The number of amides is 1. The van der Waals surface area contributed by atoms with E-state index in [0.717, 1.165) is 24.2 Å². The molecular weight excluding hydrogens is 336 g/mol. The molecule has 0 heterocycles. The number of carbonyl (C=O) groups excluding carboxylic acids is 1. The third-order valence-electron chi connectivity index (χ3n) is 4.67. The van der Waals surface area contributed by atoms with Crippen LogP contribution in [0.25, 0.3) is 0 Å². The molecule has 0 aliphatic heterocycles. The molecule has 0 radical (unpaired) electrons. The fourth-order valence-electron chi connectivity index (χ4n) is 2.81. The van der Waals surface area contributed by atoms with E-state index in [2.05, 4.69) is 5.32 Å². The van der Waals surface area contributed by atoms with Crippen LogP contribution in [0.4, 0.5) is 0 Å². The molecule has 2 aromatic rings. The Morgan fingerprint density at radius 1 is 1.16 bits per heavy atom. The van der Waals surface area contributed by atoms with Crippen LogP contribution in [-0.4, -0.2) is 18.0 Å². The van der Waals surface area contributed by atoms with Crippen molar-refractivity contribution in [2.45, 2.75) is 31.9 Å². The molecule has 25 heavy (non-hydrogen) atoms. The van der Waals surface area contributed by atoms with E-state index in [9.17, 15) is 4.79 Å². The molecule has 134 valence electrons. The second kappa shape index (κ2) is 8.37. The Hall–Kier alpha value is -2.04. The van der Waals surface area contributed by atoms with Crippen molar-refractivity contribution in [3.63, 3.8) is 0 Å². The first kappa shape index (κ1) is 19.3. The van der Waals surface area contributed by atoms with Gasteiger partial charge in [-0.3, -0.25) is 4.79 Å². The van der Waals surface area contributed by atoms with Crippen LogP contribution < -0.4 is 15.8 Å². The lowest BCUT2D eigenvalue weighted by Crippen LogP contribution is -2.53. The molecule has 1 atom stereocenters. The van der Waals surface area contributed by atoms with Gasteiger partial charge in [-0.05, 0) is 55.5 Å². The third-order valence-corrected chi connectivity index (χ3v) is 4.67. The Morgan fingerprint density at radius 3 is 2.36 bits per heavy atom. The fourth-order valence-corrected chi connectivity index (χ4v) is 2.81. The van der Waals surface area contributed by atoms with Crippen molar-refractivity contribution in [1.82, 2.24) is 5.32 Å². The molecular formula is C20H25ClN2O2.